The van der Waals surface area contributed by atoms with E-state index in [0.29, 0.717) is 6.54 Å². The average Bonchev–Trinajstić information content (AvgIpc) is 2.62. The fourth-order valence-corrected chi connectivity index (χ4v) is 3.18. The standard InChI is InChI=1S/C20H34N6O/c1-5-22-20(23-9-7-18-6-8-21-14-17(18)4)26-12-10-25(11-13-26)15-19(27)24-16(2)3/h6,8,14,16H,5,7,9-13,15H2,1-4H3,(H,22,23)(H,24,27). The maximum Gasteiger partial charge on any atom is 0.234 e. The first-order valence-electron chi connectivity index (χ1n) is 9.94. The molecule has 1 aromatic rings. The lowest BCUT2D eigenvalue weighted by atomic mass is 10.1. The van der Waals surface area contributed by atoms with Crippen LogP contribution in [0, 0.1) is 6.92 Å². The maximum atomic E-state index is 11.9. The Morgan fingerprint density at radius 1 is 1.30 bits per heavy atom. The van der Waals surface area contributed by atoms with Crippen molar-refractivity contribution in [1.29, 1.82) is 0 Å². The van der Waals surface area contributed by atoms with E-state index < -0.39 is 0 Å². The Labute approximate surface area is 163 Å². The Bertz CT molecular complexity index is 623. The fourth-order valence-electron chi connectivity index (χ4n) is 3.18. The number of hydrogen-bond donors (Lipinski definition) is 2. The van der Waals surface area contributed by atoms with E-state index in [1.54, 1.807) is 0 Å². The predicted octanol–water partition coefficient (Wildman–Crippen LogP) is 1.04. The smallest absolute Gasteiger partial charge is 0.234 e. The van der Waals surface area contributed by atoms with Crippen LogP contribution >= 0.6 is 0 Å². The number of nitrogens with one attached hydrogen (secondary N) is 2. The van der Waals surface area contributed by atoms with Crippen molar-refractivity contribution in [2.45, 2.75) is 40.2 Å². The molecule has 0 bridgehead atoms. The molecule has 2 heterocycles. The van der Waals surface area contributed by atoms with Crippen molar-refractivity contribution in [3.8, 4) is 0 Å². The van der Waals surface area contributed by atoms with Gasteiger partial charge in [-0.2, -0.15) is 0 Å². The number of aromatic nitrogens is 1. The van der Waals surface area contributed by atoms with E-state index in [1.807, 2.05) is 26.2 Å². The van der Waals surface area contributed by atoms with E-state index in [0.717, 1.165) is 51.6 Å². The lowest BCUT2D eigenvalue weighted by Crippen LogP contribution is -2.54. The van der Waals surface area contributed by atoms with Gasteiger partial charge in [0.2, 0.25) is 5.91 Å². The molecule has 0 spiro atoms. The summed E-state index contributed by atoms with van der Waals surface area (Å²) in [6.07, 6.45) is 4.66. The van der Waals surface area contributed by atoms with E-state index in [9.17, 15) is 4.79 Å². The molecule has 1 aromatic heterocycles. The van der Waals surface area contributed by atoms with Crippen LogP contribution in [-0.2, 0) is 11.2 Å². The molecule has 7 heteroatoms. The first-order chi connectivity index (χ1) is 13.0. The summed E-state index contributed by atoms with van der Waals surface area (Å²) in [5.41, 5.74) is 2.51. The topological polar surface area (TPSA) is 72.9 Å². The van der Waals surface area contributed by atoms with Gasteiger partial charge in [0.25, 0.3) is 0 Å². The van der Waals surface area contributed by atoms with Crippen LogP contribution in [0.4, 0.5) is 0 Å². The number of rotatable bonds is 7. The van der Waals surface area contributed by atoms with Crippen molar-refractivity contribution in [3.05, 3.63) is 29.6 Å². The van der Waals surface area contributed by atoms with Gasteiger partial charge >= 0.3 is 0 Å². The number of aliphatic imine (C=N–C) groups is 1. The molecule has 1 amide bonds. The van der Waals surface area contributed by atoms with Crippen molar-refractivity contribution >= 4 is 11.9 Å². The van der Waals surface area contributed by atoms with E-state index in [1.165, 1.54) is 11.1 Å². The normalized spacial score (nSPS) is 15.9. The highest BCUT2D eigenvalue weighted by Gasteiger charge is 2.21. The molecule has 27 heavy (non-hydrogen) atoms. The third kappa shape index (κ3) is 7.17. The summed E-state index contributed by atoms with van der Waals surface area (Å²) < 4.78 is 0. The Hall–Kier alpha value is -2.15. The first-order valence-corrected chi connectivity index (χ1v) is 9.94. The van der Waals surface area contributed by atoms with Crippen LogP contribution in [-0.4, -0.2) is 78.5 Å². The number of pyridine rings is 1. The Morgan fingerprint density at radius 3 is 2.67 bits per heavy atom. The molecule has 0 unspecified atom stereocenters. The van der Waals surface area contributed by atoms with Gasteiger partial charge in [-0.25, -0.2) is 0 Å². The van der Waals surface area contributed by atoms with Crippen LogP contribution in [0.5, 0.6) is 0 Å². The third-order valence-electron chi connectivity index (χ3n) is 4.60. The molecule has 0 radical (unpaired) electrons. The highest BCUT2D eigenvalue weighted by atomic mass is 16.2. The van der Waals surface area contributed by atoms with Gasteiger partial charge in [0.1, 0.15) is 0 Å². The number of aryl methyl sites for hydroxylation is 1. The summed E-state index contributed by atoms with van der Waals surface area (Å²) in [6, 6.07) is 2.26. The Kier molecular flexibility index (Phi) is 8.51. The second-order valence-corrected chi connectivity index (χ2v) is 7.27. The van der Waals surface area contributed by atoms with Crippen LogP contribution in [0.25, 0.3) is 0 Å². The zero-order valence-corrected chi connectivity index (χ0v) is 17.2. The molecule has 1 fully saturated rings. The SMILES string of the molecule is CCNC(=NCCc1ccncc1C)N1CCN(CC(=O)NC(C)C)CC1. The number of guanidine groups is 1. The molecule has 2 rings (SSSR count). The van der Waals surface area contributed by atoms with Crippen molar-refractivity contribution in [3.63, 3.8) is 0 Å². The van der Waals surface area contributed by atoms with E-state index in [4.69, 9.17) is 4.99 Å². The molecule has 1 saturated heterocycles. The van der Waals surface area contributed by atoms with Crippen LogP contribution < -0.4 is 10.6 Å². The summed E-state index contributed by atoms with van der Waals surface area (Å²) in [4.78, 5) is 25.4. The van der Waals surface area contributed by atoms with Gasteiger partial charge in [0.15, 0.2) is 5.96 Å². The summed E-state index contributed by atoms with van der Waals surface area (Å²) in [6.45, 7) is 13.8. The van der Waals surface area contributed by atoms with Gasteiger partial charge in [0.05, 0.1) is 6.54 Å². The fraction of sp³-hybridized carbons (Fsp3) is 0.650. The molecule has 150 valence electrons. The first kappa shape index (κ1) is 21.2. The molecular weight excluding hydrogens is 340 g/mol. The second kappa shape index (κ2) is 10.9. The molecule has 7 nitrogen and oxygen atoms in total. The highest BCUT2D eigenvalue weighted by molar-refractivity contribution is 5.80. The van der Waals surface area contributed by atoms with Crippen molar-refractivity contribution in [2.24, 2.45) is 4.99 Å². The Morgan fingerprint density at radius 2 is 2.04 bits per heavy atom. The zero-order valence-electron chi connectivity index (χ0n) is 17.2. The summed E-state index contributed by atoms with van der Waals surface area (Å²) in [7, 11) is 0. The lowest BCUT2D eigenvalue weighted by molar-refractivity contribution is -0.123. The van der Waals surface area contributed by atoms with Gasteiger partial charge < -0.3 is 15.5 Å². The molecule has 0 aliphatic carbocycles. The number of piperazine rings is 1. The number of carbonyl (C=O) groups excluding carboxylic acids is 1. The number of nitrogens with zero attached hydrogens (tertiary/aromatic N) is 4. The number of hydrogen-bond acceptors (Lipinski definition) is 4. The van der Waals surface area contributed by atoms with Crippen molar-refractivity contribution in [1.82, 2.24) is 25.4 Å². The molecule has 0 saturated carbocycles. The molecule has 1 aliphatic heterocycles. The van der Waals surface area contributed by atoms with E-state index >= 15 is 0 Å². The minimum Gasteiger partial charge on any atom is -0.357 e. The van der Waals surface area contributed by atoms with Crippen LogP contribution in [0.1, 0.15) is 31.9 Å². The summed E-state index contributed by atoms with van der Waals surface area (Å²) >= 11 is 0. The average molecular weight is 375 g/mol. The minimum atomic E-state index is 0.103. The van der Waals surface area contributed by atoms with E-state index in [2.05, 4.69) is 45.3 Å². The summed E-state index contributed by atoms with van der Waals surface area (Å²) in [5.74, 6) is 1.07. The maximum absolute atomic E-state index is 11.9. The second-order valence-electron chi connectivity index (χ2n) is 7.27. The molecule has 0 aromatic carbocycles. The number of carbonyl (C=O) groups is 1. The van der Waals surface area contributed by atoms with E-state index in [-0.39, 0.29) is 11.9 Å². The molecule has 2 N–H and O–H groups in total. The van der Waals surface area contributed by atoms with Gasteiger partial charge in [-0.15, -0.1) is 0 Å². The van der Waals surface area contributed by atoms with Gasteiger partial charge in [-0.1, -0.05) is 0 Å². The molecule has 1 aliphatic rings. The molecular formula is C20H34N6O. The van der Waals surface area contributed by atoms with Crippen LogP contribution in [0.3, 0.4) is 0 Å². The predicted molar refractivity (Wildman–Crippen MR) is 110 cm³/mol. The largest absolute Gasteiger partial charge is 0.357 e. The summed E-state index contributed by atoms with van der Waals surface area (Å²) in [5, 5.41) is 6.36. The lowest BCUT2D eigenvalue weighted by Gasteiger charge is -2.36. The van der Waals surface area contributed by atoms with Gasteiger partial charge in [0, 0.05) is 57.7 Å². The monoisotopic (exact) mass is 374 g/mol. The third-order valence-corrected chi connectivity index (χ3v) is 4.60. The van der Waals surface area contributed by atoms with Crippen LogP contribution in [0.15, 0.2) is 23.5 Å². The highest BCUT2D eigenvalue weighted by Crippen LogP contribution is 2.07. The minimum absolute atomic E-state index is 0.103. The Balaban J connectivity index is 1.84. The van der Waals surface area contributed by atoms with Crippen LogP contribution in [0.2, 0.25) is 0 Å². The zero-order chi connectivity index (χ0) is 19.6. The van der Waals surface area contributed by atoms with Gasteiger partial charge in [-0.3, -0.25) is 19.7 Å². The number of amides is 1. The van der Waals surface area contributed by atoms with Crippen molar-refractivity contribution in [2.75, 3.05) is 45.8 Å². The quantitative estimate of drug-likeness (QED) is 0.551. The van der Waals surface area contributed by atoms with Gasteiger partial charge in [-0.05, 0) is 51.3 Å². The molecule has 0 atom stereocenters. The van der Waals surface area contributed by atoms with Crippen molar-refractivity contribution < 1.29 is 4.79 Å².